The number of aromatic nitrogens is 5. The number of nitrogens with one attached hydrogen (secondary N) is 1. The Morgan fingerprint density at radius 2 is 2.09 bits per heavy atom. The van der Waals surface area contributed by atoms with Gasteiger partial charge in [0.05, 0.1) is 28.3 Å². The summed E-state index contributed by atoms with van der Waals surface area (Å²) in [5.74, 6) is -0.0154. The first kappa shape index (κ1) is 20.9. The van der Waals surface area contributed by atoms with Crippen LogP contribution in [0.4, 0.5) is 0 Å². The molecule has 4 aromatic rings. The van der Waals surface area contributed by atoms with Gasteiger partial charge in [0.1, 0.15) is 11.4 Å². The number of carbonyl (C=O) groups is 1. The minimum absolute atomic E-state index is 0.0154. The van der Waals surface area contributed by atoms with Crippen LogP contribution >= 0.6 is 22.9 Å². The van der Waals surface area contributed by atoms with Crippen molar-refractivity contribution in [1.29, 1.82) is 0 Å². The van der Waals surface area contributed by atoms with E-state index < -0.39 is 0 Å². The molecule has 1 fully saturated rings. The first-order valence-corrected chi connectivity index (χ1v) is 11.8. The summed E-state index contributed by atoms with van der Waals surface area (Å²) < 4.78 is 2.10. The second-order valence-corrected chi connectivity index (χ2v) is 9.20. The molecule has 1 N–H and O–H groups in total. The number of likely N-dealkylation sites (tertiary alicyclic amines) is 1. The molecule has 0 radical (unpaired) electrons. The van der Waals surface area contributed by atoms with E-state index in [0.29, 0.717) is 18.1 Å². The van der Waals surface area contributed by atoms with Crippen LogP contribution in [0.2, 0.25) is 5.02 Å². The molecule has 5 rings (SSSR count). The highest BCUT2D eigenvalue weighted by Crippen LogP contribution is 2.44. The van der Waals surface area contributed by atoms with Gasteiger partial charge in [-0.15, -0.1) is 11.3 Å². The van der Waals surface area contributed by atoms with Crippen LogP contribution in [0, 0.1) is 13.8 Å². The molecule has 0 unspecified atom stereocenters. The molecule has 0 spiro atoms. The maximum absolute atomic E-state index is 12.0. The van der Waals surface area contributed by atoms with Crippen molar-refractivity contribution in [3.63, 3.8) is 0 Å². The zero-order valence-corrected chi connectivity index (χ0v) is 19.5. The Labute approximate surface area is 194 Å². The number of benzene rings is 1. The Kier molecular flexibility index (Phi) is 5.35. The van der Waals surface area contributed by atoms with E-state index in [1.54, 1.807) is 11.3 Å². The minimum Gasteiger partial charge on any atom is -0.339 e. The quantitative estimate of drug-likeness (QED) is 0.421. The molecule has 0 atom stereocenters. The molecule has 1 aromatic carbocycles. The predicted molar refractivity (Wildman–Crippen MR) is 128 cm³/mol. The molecule has 4 heterocycles. The van der Waals surface area contributed by atoms with Crippen LogP contribution in [0.5, 0.6) is 0 Å². The normalized spacial score (nSPS) is 14.9. The number of aromatic amines is 1. The molecule has 1 aliphatic heterocycles. The first-order valence-electron chi connectivity index (χ1n) is 10.5. The molecular weight excluding hydrogens is 444 g/mol. The fourth-order valence-corrected chi connectivity index (χ4v) is 5.37. The molecule has 9 heteroatoms. The average molecular weight is 467 g/mol. The molecule has 164 valence electrons. The summed E-state index contributed by atoms with van der Waals surface area (Å²) >= 11 is 8.43. The number of carbonyl (C=O) groups excluding carboxylic acids is 1. The SMILES string of the molecule is C=CC(=O)N1CCC(n2nc(-c3cscn3)c(-c3c(Cl)c(C)cc4[nH]ncc34)c2C)CC1. The molecule has 32 heavy (non-hydrogen) atoms. The Morgan fingerprint density at radius 3 is 2.78 bits per heavy atom. The Hall–Kier alpha value is -2.97. The van der Waals surface area contributed by atoms with E-state index in [1.807, 2.05) is 35.0 Å². The zero-order chi connectivity index (χ0) is 22.4. The van der Waals surface area contributed by atoms with Gasteiger partial charge in [-0.25, -0.2) is 4.98 Å². The van der Waals surface area contributed by atoms with Crippen LogP contribution in [0.3, 0.4) is 0 Å². The largest absolute Gasteiger partial charge is 0.339 e. The van der Waals surface area contributed by atoms with Crippen LogP contribution in [0.1, 0.15) is 30.1 Å². The highest BCUT2D eigenvalue weighted by molar-refractivity contribution is 7.07. The van der Waals surface area contributed by atoms with Gasteiger partial charge in [-0.2, -0.15) is 10.2 Å². The van der Waals surface area contributed by atoms with Crippen molar-refractivity contribution in [2.75, 3.05) is 13.1 Å². The number of fused-ring (bicyclic) bond motifs is 1. The third kappa shape index (κ3) is 3.34. The Morgan fingerprint density at radius 1 is 1.31 bits per heavy atom. The van der Waals surface area contributed by atoms with Gasteiger partial charge in [-0.1, -0.05) is 18.2 Å². The second kappa shape index (κ2) is 8.18. The number of H-pyrrole nitrogens is 1. The number of thiazole rings is 1. The van der Waals surface area contributed by atoms with Gasteiger partial charge in [-0.3, -0.25) is 14.6 Å². The highest BCUT2D eigenvalue weighted by atomic mass is 35.5. The number of halogens is 1. The van der Waals surface area contributed by atoms with Crippen molar-refractivity contribution >= 4 is 39.7 Å². The number of aryl methyl sites for hydroxylation is 1. The van der Waals surface area contributed by atoms with E-state index >= 15 is 0 Å². The summed E-state index contributed by atoms with van der Waals surface area (Å²) in [6.45, 7) is 9.07. The molecule has 1 aliphatic rings. The van der Waals surface area contributed by atoms with Gasteiger partial charge in [0, 0.05) is 40.7 Å². The Bertz CT molecular complexity index is 1310. The third-order valence-electron chi connectivity index (χ3n) is 6.24. The summed E-state index contributed by atoms with van der Waals surface area (Å²) in [6.07, 6.45) is 4.87. The summed E-state index contributed by atoms with van der Waals surface area (Å²) in [4.78, 5) is 18.4. The van der Waals surface area contributed by atoms with E-state index in [2.05, 4.69) is 33.4 Å². The van der Waals surface area contributed by atoms with E-state index in [9.17, 15) is 4.79 Å². The van der Waals surface area contributed by atoms with E-state index in [0.717, 1.165) is 57.5 Å². The molecule has 7 nitrogen and oxygen atoms in total. The molecular formula is C23H23ClN6OS. The third-order valence-corrected chi connectivity index (χ3v) is 7.31. The number of rotatable bonds is 4. The van der Waals surface area contributed by atoms with E-state index in [4.69, 9.17) is 16.7 Å². The summed E-state index contributed by atoms with van der Waals surface area (Å²) in [5.41, 5.74) is 8.35. The zero-order valence-electron chi connectivity index (χ0n) is 17.9. The van der Waals surface area contributed by atoms with Crippen molar-refractivity contribution in [2.45, 2.75) is 32.7 Å². The molecule has 0 saturated carbocycles. The number of piperidine rings is 1. The fraction of sp³-hybridized carbons (Fsp3) is 0.304. The fourth-order valence-electron chi connectivity index (χ4n) is 4.59. The predicted octanol–water partition coefficient (Wildman–Crippen LogP) is 5.17. The average Bonchev–Trinajstić information content (AvgIpc) is 3.55. The van der Waals surface area contributed by atoms with Crippen LogP contribution in [-0.2, 0) is 4.79 Å². The van der Waals surface area contributed by atoms with Crippen molar-refractivity contribution in [3.8, 4) is 22.5 Å². The maximum Gasteiger partial charge on any atom is 0.245 e. The lowest BCUT2D eigenvalue weighted by atomic mass is 9.96. The van der Waals surface area contributed by atoms with Crippen LogP contribution in [-0.4, -0.2) is 48.9 Å². The number of hydrogen-bond acceptors (Lipinski definition) is 5. The Balaban J connectivity index is 1.66. The highest BCUT2D eigenvalue weighted by Gasteiger charge is 2.29. The minimum atomic E-state index is -0.0154. The van der Waals surface area contributed by atoms with Gasteiger partial charge >= 0.3 is 0 Å². The molecule has 0 aliphatic carbocycles. The first-order chi connectivity index (χ1) is 15.5. The lowest BCUT2D eigenvalue weighted by molar-refractivity contribution is -0.127. The maximum atomic E-state index is 12.0. The molecule has 1 saturated heterocycles. The summed E-state index contributed by atoms with van der Waals surface area (Å²) in [7, 11) is 0. The second-order valence-electron chi connectivity index (χ2n) is 8.10. The number of amides is 1. The van der Waals surface area contributed by atoms with Crippen molar-refractivity contribution in [1.82, 2.24) is 29.9 Å². The lowest BCUT2D eigenvalue weighted by Gasteiger charge is -2.32. The molecule has 0 bridgehead atoms. The van der Waals surface area contributed by atoms with Gasteiger partial charge < -0.3 is 4.90 Å². The topological polar surface area (TPSA) is 79.7 Å². The van der Waals surface area contributed by atoms with Crippen molar-refractivity contribution in [3.05, 3.63) is 52.1 Å². The van der Waals surface area contributed by atoms with Crippen LogP contribution < -0.4 is 0 Å². The van der Waals surface area contributed by atoms with Gasteiger partial charge in [0.15, 0.2) is 0 Å². The van der Waals surface area contributed by atoms with Gasteiger partial charge in [0.2, 0.25) is 5.91 Å². The number of hydrogen-bond donors (Lipinski definition) is 1. The molecule has 3 aromatic heterocycles. The number of nitrogens with zero attached hydrogens (tertiary/aromatic N) is 5. The van der Waals surface area contributed by atoms with Crippen molar-refractivity contribution < 1.29 is 4.79 Å². The summed E-state index contributed by atoms with van der Waals surface area (Å²) in [6, 6.07) is 2.21. The van der Waals surface area contributed by atoms with Gasteiger partial charge in [-0.05, 0) is 44.4 Å². The van der Waals surface area contributed by atoms with Crippen molar-refractivity contribution in [2.24, 2.45) is 0 Å². The summed E-state index contributed by atoms with van der Waals surface area (Å²) in [5, 5.41) is 16.0. The molecule has 1 amide bonds. The van der Waals surface area contributed by atoms with Crippen LogP contribution in [0.25, 0.3) is 33.4 Å². The standard InChI is InChI=1S/C23H23ClN6OS/c1-4-19(31)29-7-5-15(6-8-29)30-14(3)20(23(28-30)18-11-32-12-25-18)21-16-10-26-27-17(16)9-13(2)22(21)24/h4,9-12,15H,1,5-8H2,2-3H3,(H,26,27). The lowest BCUT2D eigenvalue weighted by Crippen LogP contribution is -2.38. The smallest absolute Gasteiger partial charge is 0.245 e. The van der Waals surface area contributed by atoms with E-state index in [1.165, 1.54) is 6.08 Å². The van der Waals surface area contributed by atoms with Crippen LogP contribution in [0.15, 0.2) is 35.8 Å². The monoisotopic (exact) mass is 466 g/mol. The van der Waals surface area contributed by atoms with E-state index in [-0.39, 0.29) is 11.9 Å². The van der Waals surface area contributed by atoms with Gasteiger partial charge in [0.25, 0.3) is 0 Å².